The number of carboxylic acid groups (broad SMARTS) is 1. The number of amides is 1. The number of carboxylic acids is 1. The predicted octanol–water partition coefficient (Wildman–Crippen LogP) is 2.89. The minimum Gasteiger partial charge on any atom is -0.493 e. The molecule has 0 saturated heterocycles. The Morgan fingerprint density at radius 2 is 1.85 bits per heavy atom. The average molecular weight is 363 g/mol. The van der Waals surface area contributed by atoms with Crippen molar-refractivity contribution in [2.75, 3.05) is 20.8 Å². The summed E-state index contributed by atoms with van der Waals surface area (Å²) in [6.45, 7) is 6.00. The Balaban J connectivity index is 1.97. The maximum atomic E-state index is 12.6. The van der Waals surface area contributed by atoms with E-state index in [9.17, 15) is 14.7 Å². The van der Waals surface area contributed by atoms with Gasteiger partial charge in [0.15, 0.2) is 11.5 Å². The van der Waals surface area contributed by atoms with Gasteiger partial charge < -0.3 is 19.9 Å². The van der Waals surface area contributed by atoms with E-state index in [1.165, 1.54) is 0 Å². The highest BCUT2D eigenvalue weighted by Crippen LogP contribution is 2.56. The first-order chi connectivity index (χ1) is 12.2. The van der Waals surface area contributed by atoms with Crippen LogP contribution in [0.25, 0.3) is 0 Å². The van der Waals surface area contributed by atoms with Gasteiger partial charge in [-0.3, -0.25) is 9.59 Å². The smallest absolute Gasteiger partial charge is 0.309 e. The summed E-state index contributed by atoms with van der Waals surface area (Å²) in [7, 11) is 3.18. The zero-order valence-corrected chi connectivity index (χ0v) is 16.2. The molecule has 6 heteroatoms. The Morgan fingerprint density at radius 3 is 2.38 bits per heavy atom. The van der Waals surface area contributed by atoms with Crippen LogP contribution in [-0.2, 0) is 16.0 Å². The van der Waals surface area contributed by atoms with Gasteiger partial charge in [-0.1, -0.05) is 19.9 Å². The first-order valence-electron chi connectivity index (χ1n) is 8.89. The number of hydrogen-bond donors (Lipinski definition) is 2. The fourth-order valence-corrected chi connectivity index (χ4v) is 3.83. The number of carbonyl (C=O) groups is 2. The molecule has 6 nitrogen and oxygen atoms in total. The van der Waals surface area contributed by atoms with Crippen molar-refractivity contribution in [2.24, 2.45) is 16.7 Å². The lowest BCUT2D eigenvalue weighted by atomic mass is 9.65. The van der Waals surface area contributed by atoms with Crippen molar-refractivity contribution in [3.05, 3.63) is 23.8 Å². The number of nitrogens with one attached hydrogen (secondary N) is 1. The molecule has 1 aliphatic carbocycles. The van der Waals surface area contributed by atoms with Crippen LogP contribution in [0.4, 0.5) is 0 Å². The lowest BCUT2D eigenvalue weighted by Gasteiger charge is -2.37. The summed E-state index contributed by atoms with van der Waals surface area (Å²) in [5.74, 6) is 0.129. The second kappa shape index (κ2) is 7.56. The van der Waals surface area contributed by atoms with E-state index in [0.717, 1.165) is 5.56 Å². The van der Waals surface area contributed by atoms with Gasteiger partial charge in [0.1, 0.15) is 0 Å². The monoisotopic (exact) mass is 363 g/mol. The average Bonchev–Trinajstić information content (AvgIpc) is 2.85. The van der Waals surface area contributed by atoms with Crippen LogP contribution in [0.5, 0.6) is 11.5 Å². The van der Waals surface area contributed by atoms with E-state index in [1.54, 1.807) is 21.1 Å². The Morgan fingerprint density at radius 1 is 1.19 bits per heavy atom. The van der Waals surface area contributed by atoms with Crippen molar-refractivity contribution in [1.82, 2.24) is 5.32 Å². The maximum absolute atomic E-state index is 12.6. The fraction of sp³-hybridized carbons (Fsp3) is 0.600. The molecule has 1 amide bonds. The topological polar surface area (TPSA) is 84.9 Å². The Labute approximate surface area is 154 Å². The van der Waals surface area contributed by atoms with E-state index >= 15 is 0 Å². The molecule has 144 valence electrons. The normalized spacial score (nSPS) is 24.1. The molecular formula is C20H29NO5. The van der Waals surface area contributed by atoms with Crippen LogP contribution in [0.2, 0.25) is 0 Å². The van der Waals surface area contributed by atoms with Gasteiger partial charge in [-0.2, -0.15) is 0 Å². The molecule has 0 aliphatic heterocycles. The van der Waals surface area contributed by atoms with Crippen molar-refractivity contribution in [2.45, 2.75) is 40.0 Å². The molecule has 0 bridgehead atoms. The summed E-state index contributed by atoms with van der Waals surface area (Å²) in [5, 5.41) is 12.5. The molecule has 1 aromatic carbocycles. The number of ether oxygens (including phenoxy) is 2. The van der Waals surface area contributed by atoms with Crippen LogP contribution in [0.1, 0.15) is 39.2 Å². The lowest BCUT2D eigenvalue weighted by molar-refractivity contribution is -0.155. The largest absolute Gasteiger partial charge is 0.493 e. The Kier molecular flexibility index (Phi) is 5.84. The lowest BCUT2D eigenvalue weighted by Crippen LogP contribution is -2.45. The van der Waals surface area contributed by atoms with Crippen molar-refractivity contribution < 1.29 is 24.2 Å². The van der Waals surface area contributed by atoms with Crippen LogP contribution in [0, 0.1) is 16.7 Å². The molecular weight excluding hydrogens is 334 g/mol. The third kappa shape index (κ3) is 3.50. The standard InChI is InChI=1S/C20H29NO5/c1-19(2)14(8-10-20(19,3)18(23)24)17(22)21-11-9-13-6-7-15(25-4)16(12-13)26-5/h6-7,12,14H,8-11H2,1-5H3,(H,21,22)(H,23,24)/t14-,20+/m1/s1. The molecule has 2 rings (SSSR count). The predicted molar refractivity (Wildman–Crippen MR) is 98.5 cm³/mol. The van der Waals surface area contributed by atoms with Crippen molar-refractivity contribution in [1.29, 1.82) is 0 Å². The summed E-state index contributed by atoms with van der Waals surface area (Å²) >= 11 is 0. The number of rotatable bonds is 7. The molecule has 1 aromatic rings. The van der Waals surface area contributed by atoms with Crippen LogP contribution in [0.3, 0.4) is 0 Å². The Bertz CT molecular complexity index is 685. The minimum atomic E-state index is -0.877. The zero-order valence-electron chi connectivity index (χ0n) is 16.2. The summed E-state index contributed by atoms with van der Waals surface area (Å²) in [4.78, 5) is 24.3. The van der Waals surface area contributed by atoms with E-state index in [1.807, 2.05) is 32.0 Å². The number of aliphatic carboxylic acids is 1. The summed E-state index contributed by atoms with van der Waals surface area (Å²) in [5.41, 5.74) is -0.436. The number of methoxy groups -OCH3 is 2. The molecule has 0 aromatic heterocycles. The highest BCUT2D eigenvalue weighted by molar-refractivity contribution is 5.83. The van der Waals surface area contributed by atoms with Gasteiger partial charge in [-0.25, -0.2) is 0 Å². The van der Waals surface area contributed by atoms with Crippen molar-refractivity contribution in [3.8, 4) is 11.5 Å². The van der Waals surface area contributed by atoms with E-state index in [2.05, 4.69) is 5.32 Å². The highest BCUT2D eigenvalue weighted by atomic mass is 16.5. The van der Waals surface area contributed by atoms with E-state index in [4.69, 9.17) is 9.47 Å². The summed E-state index contributed by atoms with van der Waals surface area (Å²) < 4.78 is 10.5. The van der Waals surface area contributed by atoms with Gasteiger partial charge >= 0.3 is 5.97 Å². The molecule has 2 atom stereocenters. The van der Waals surface area contributed by atoms with Gasteiger partial charge in [0.05, 0.1) is 19.6 Å². The van der Waals surface area contributed by atoms with E-state index in [0.29, 0.717) is 37.3 Å². The third-order valence-electron chi connectivity index (χ3n) is 6.18. The van der Waals surface area contributed by atoms with Crippen molar-refractivity contribution in [3.63, 3.8) is 0 Å². The van der Waals surface area contributed by atoms with Crippen molar-refractivity contribution >= 4 is 11.9 Å². The third-order valence-corrected chi connectivity index (χ3v) is 6.18. The SMILES string of the molecule is COc1ccc(CCNC(=O)[C@H]2CC[C@@](C)(C(=O)O)C2(C)C)cc1OC. The van der Waals surface area contributed by atoms with E-state index in [-0.39, 0.29) is 11.8 Å². The molecule has 0 spiro atoms. The van der Waals surface area contributed by atoms with Crippen LogP contribution < -0.4 is 14.8 Å². The van der Waals surface area contributed by atoms with Gasteiger partial charge in [0.2, 0.25) is 5.91 Å². The number of benzene rings is 1. The number of hydrogen-bond acceptors (Lipinski definition) is 4. The van der Waals surface area contributed by atoms with Gasteiger partial charge in [0.25, 0.3) is 0 Å². The second-order valence-electron chi connectivity index (χ2n) is 7.68. The van der Waals surface area contributed by atoms with Crippen LogP contribution in [0.15, 0.2) is 18.2 Å². The molecule has 0 radical (unpaired) electrons. The van der Waals surface area contributed by atoms with Gasteiger partial charge in [-0.05, 0) is 49.3 Å². The fourth-order valence-electron chi connectivity index (χ4n) is 3.83. The molecule has 0 unspecified atom stereocenters. The van der Waals surface area contributed by atoms with E-state index < -0.39 is 16.8 Å². The second-order valence-corrected chi connectivity index (χ2v) is 7.68. The molecule has 1 fully saturated rings. The summed E-state index contributed by atoms with van der Waals surface area (Å²) in [6, 6.07) is 5.68. The summed E-state index contributed by atoms with van der Waals surface area (Å²) in [6.07, 6.45) is 1.77. The molecule has 1 aliphatic rings. The van der Waals surface area contributed by atoms with Crippen LogP contribution >= 0.6 is 0 Å². The van der Waals surface area contributed by atoms with Gasteiger partial charge in [-0.15, -0.1) is 0 Å². The minimum absolute atomic E-state index is 0.0690. The molecule has 1 saturated carbocycles. The Hall–Kier alpha value is -2.24. The molecule has 26 heavy (non-hydrogen) atoms. The zero-order chi connectivity index (χ0) is 19.5. The maximum Gasteiger partial charge on any atom is 0.309 e. The quantitative estimate of drug-likeness (QED) is 0.778. The first kappa shape index (κ1) is 20.1. The first-order valence-corrected chi connectivity index (χ1v) is 8.89. The number of carbonyl (C=O) groups excluding carboxylic acids is 1. The highest BCUT2D eigenvalue weighted by Gasteiger charge is 2.58. The van der Waals surface area contributed by atoms with Gasteiger partial charge in [0, 0.05) is 12.5 Å². The molecule has 2 N–H and O–H groups in total. The van der Waals surface area contributed by atoms with Crippen LogP contribution in [-0.4, -0.2) is 37.7 Å². The molecule has 0 heterocycles.